The number of H-pyrrole nitrogens is 1. The molecule has 0 unspecified atom stereocenters. The predicted molar refractivity (Wildman–Crippen MR) is 130 cm³/mol. The largest absolute Gasteiger partial charge is 0.370 e. The van der Waals surface area contributed by atoms with Gasteiger partial charge in [0.1, 0.15) is 29.6 Å². The lowest BCUT2D eigenvalue weighted by Crippen LogP contribution is -3.09. The summed E-state index contributed by atoms with van der Waals surface area (Å²) < 4.78 is 6.82. The lowest BCUT2D eigenvalue weighted by atomic mass is 10.1. The second-order valence-electron chi connectivity index (χ2n) is 8.94. The maximum Gasteiger partial charge on any atom is 0.247 e. The van der Waals surface area contributed by atoms with E-state index in [1.54, 1.807) is 0 Å². The first-order valence-corrected chi connectivity index (χ1v) is 12.6. The molecule has 0 bridgehead atoms. The van der Waals surface area contributed by atoms with Gasteiger partial charge in [-0.05, 0) is 44.1 Å². The van der Waals surface area contributed by atoms with Crippen LogP contribution < -0.4 is 4.90 Å². The molecule has 7 nitrogen and oxygen atoms in total. The highest BCUT2D eigenvalue weighted by molar-refractivity contribution is 7.19. The second-order valence-corrected chi connectivity index (χ2v) is 10.1. The van der Waals surface area contributed by atoms with Crippen LogP contribution in [0.5, 0.6) is 0 Å². The molecule has 1 aromatic carbocycles. The number of benzene rings is 1. The van der Waals surface area contributed by atoms with Crippen molar-refractivity contribution in [1.82, 2.24) is 19.9 Å². The monoisotopic (exact) mass is 459 g/mol. The summed E-state index contributed by atoms with van der Waals surface area (Å²) in [6.07, 6.45) is 3.94. The smallest absolute Gasteiger partial charge is 0.247 e. The van der Waals surface area contributed by atoms with Crippen molar-refractivity contribution < 1.29 is 9.64 Å². The van der Waals surface area contributed by atoms with Gasteiger partial charge in [-0.2, -0.15) is 10.2 Å². The van der Waals surface area contributed by atoms with E-state index in [1.807, 2.05) is 29.5 Å². The second kappa shape index (κ2) is 8.84. The molecule has 4 aromatic rings. The van der Waals surface area contributed by atoms with Gasteiger partial charge in [0.05, 0.1) is 18.7 Å². The number of morpholine rings is 1. The van der Waals surface area contributed by atoms with Gasteiger partial charge in [0.2, 0.25) is 5.82 Å². The summed E-state index contributed by atoms with van der Waals surface area (Å²) in [5.41, 5.74) is 3.48. The Morgan fingerprint density at radius 1 is 1.12 bits per heavy atom. The van der Waals surface area contributed by atoms with E-state index in [4.69, 9.17) is 14.7 Å². The van der Waals surface area contributed by atoms with Crippen LogP contribution in [0.3, 0.4) is 0 Å². The van der Waals surface area contributed by atoms with Crippen LogP contribution in [-0.4, -0.2) is 59.2 Å². The van der Waals surface area contributed by atoms with Crippen molar-refractivity contribution in [2.24, 2.45) is 0 Å². The third-order valence-corrected chi connectivity index (χ3v) is 7.82. The van der Waals surface area contributed by atoms with E-state index in [-0.39, 0.29) is 0 Å². The van der Waals surface area contributed by atoms with Gasteiger partial charge < -0.3 is 9.72 Å². The van der Waals surface area contributed by atoms with E-state index >= 15 is 0 Å². The summed E-state index contributed by atoms with van der Waals surface area (Å²) in [6, 6.07) is 12.4. The van der Waals surface area contributed by atoms with Crippen molar-refractivity contribution >= 4 is 38.3 Å². The molecule has 2 N–H and O–H groups in total. The molecular formula is C25H27N6OS+. The fourth-order valence-corrected chi connectivity index (χ4v) is 6.20. The Bertz CT molecular complexity index is 1340. The number of ether oxygens (including phenoxy) is 1. The SMILES string of the molecule is N#Cc1cc2c(-c3nc([NH+]4CCOCC4)c4sc(CN5CCCCC5)cc4n3)cccc2[nH]1. The number of hydrogen-bond donors (Lipinski definition) is 2. The molecule has 6 rings (SSSR count). The molecule has 0 aliphatic carbocycles. The number of nitriles is 1. The molecule has 0 saturated carbocycles. The Labute approximate surface area is 196 Å². The van der Waals surface area contributed by atoms with Crippen LogP contribution in [0.25, 0.3) is 32.5 Å². The number of thiophene rings is 1. The third kappa shape index (κ3) is 4.02. The topological polar surface area (TPSA) is 82.3 Å². The molecule has 2 aliphatic rings. The molecule has 5 heterocycles. The molecule has 168 valence electrons. The van der Waals surface area contributed by atoms with Gasteiger partial charge in [0.25, 0.3) is 0 Å². The van der Waals surface area contributed by atoms with Crippen LogP contribution in [0.1, 0.15) is 29.8 Å². The van der Waals surface area contributed by atoms with Gasteiger partial charge in [-0.15, -0.1) is 11.3 Å². The van der Waals surface area contributed by atoms with E-state index in [0.29, 0.717) is 5.69 Å². The molecule has 0 amide bonds. The van der Waals surface area contributed by atoms with Crippen molar-refractivity contribution in [3.63, 3.8) is 0 Å². The Balaban J connectivity index is 1.47. The molecule has 33 heavy (non-hydrogen) atoms. The van der Waals surface area contributed by atoms with Gasteiger partial charge in [-0.25, -0.2) is 4.98 Å². The summed E-state index contributed by atoms with van der Waals surface area (Å²) in [5, 5.41) is 10.3. The fourth-order valence-electron chi connectivity index (χ4n) is 5.02. The molecule has 3 aromatic heterocycles. The molecule has 0 spiro atoms. The maximum atomic E-state index is 9.36. The van der Waals surface area contributed by atoms with Crippen LogP contribution in [0.2, 0.25) is 0 Å². The average Bonchev–Trinajstić information content (AvgIpc) is 3.47. The van der Waals surface area contributed by atoms with Gasteiger partial charge in [-0.3, -0.25) is 9.80 Å². The van der Waals surface area contributed by atoms with Gasteiger partial charge >= 0.3 is 0 Å². The number of fused-ring (bicyclic) bond motifs is 2. The summed E-state index contributed by atoms with van der Waals surface area (Å²) in [7, 11) is 0. The summed E-state index contributed by atoms with van der Waals surface area (Å²) in [5.74, 6) is 1.81. The quantitative estimate of drug-likeness (QED) is 0.490. The number of rotatable bonds is 4. The molecule has 2 aliphatic heterocycles. The zero-order valence-corrected chi connectivity index (χ0v) is 19.4. The number of aromatic amines is 1. The predicted octanol–water partition coefficient (Wildman–Crippen LogP) is 3.24. The molecule has 2 fully saturated rings. The van der Waals surface area contributed by atoms with Gasteiger partial charge in [-0.1, -0.05) is 18.6 Å². The third-order valence-electron chi connectivity index (χ3n) is 6.71. The van der Waals surface area contributed by atoms with Gasteiger partial charge in [0.15, 0.2) is 5.82 Å². The summed E-state index contributed by atoms with van der Waals surface area (Å²) in [6.45, 7) is 6.69. The minimum Gasteiger partial charge on any atom is -0.370 e. The summed E-state index contributed by atoms with van der Waals surface area (Å²) in [4.78, 5) is 18.6. The molecule has 8 heteroatoms. The van der Waals surface area contributed by atoms with Crippen molar-refractivity contribution in [1.29, 1.82) is 5.26 Å². The first-order chi connectivity index (χ1) is 16.3. The van der Waals surface area contributed by atoms with Crippen molar-refractivity contribution in [2.45, 2.75) is 25.8 Å². The average molecular weight is 460 g/mol. The van der Waals surface area contributed by atoms with Crippen LogP contribution in [0.4, 0.5) is 5.82 Å². The highest BCUT2D eigenvalue weighted by atomic mass is 32.1. The molecule has 0 radical (unpaired) electrons. The van der Waals surface area contributed by atoms with Crippen LogP contribution in [0, 0.1) is 11.3 Å². The zero-order chi connectivity index (χ0) is 22.2. The molecule has 0 atom stereocenters. The Morgan fingerprint density at radius 3 is 2.79 bits per heavy atom. The maximum absolute atomic E-state index is 9.36. The minimum absolute atomic E-state index is 0.553. The highest BCUT2D eigenvalue weighted by Crippen LogP contribution is 2.34. The number of nitrogens with one attached hydrogen (secondary N) is 2. The number of piperidine rings is 1. The normalized spacial score (nSPS) is 18.2. The minimum atomic E-state index is 0.553. The van der Waals surface area contributed by atoms with E-state index < -0.39 is 0 Å². The lowest BCUT2D eigenvalue weighted by Gasteiger charge is -2.25. The fraction of sp³-hybridized carbons (Fsp3) is 0.400. The highest BCUT2D eigenvalue weighted by Gasteiger charge is 2.25. The Hall–Kier alpha value is -2.83. The van der Waals surface area contributed by atoms with Crippen molar-refractivity contribution in [2.75, 3.05) is 39.4 Å². The number of nitrogens with zero attached hydrogens (tertiary/aromatic N) is 4. The van der Waals surface area contributed by atoms with Gasteiger partial charge in [0, 0.05) is 27.9 Å². The Morgan fingerprint density at radius 2 is 1.97 bits per heavy atom. The standard InChI is InChI=1S/C25H26N6OS/c26-15-17-13-20-19(5-4-6-21(20)27-17)24-28-22-14-18(16-30-7-2-1-3-8-30)33-23(22)25(29-24)31-9-11-32-12-10-31/h4-6,13-14,27H,1-3,7-12,16H2/p+1. The number of aromatic nitrogens is 3. The zero-order valence-electron chi connectivity index (χ0n) is 18.6. The van der Waals surface area contributed by atoms with E-state index in [1.165, 1.54) is 46.8 Å². The van der Waals surface area contributed by atoms with Crippen LogP contribution >= 0.6 is 11.3 Å². The first-order valence-electron chi connectivity index (χ1n) is 11.8. The van der Waals surface area contributed by atoms with Crippen LogP contribution in [-0.2, 0) is 11.3 Å². The van der Waals surface area contributed by atoms with E-state index in [2.05, 4.69) is 28.1 Å². The van der Waals surface area contributed by atoms with Crippen LogP contribution in [0.15, 0.2) is 30.3 Å². The molecular weight excluding hydrogens is 432 g/mol. The summed E-state index contributed by atoms with van der Waals surface area (Å²) >= 11 is 1.85. The van der Waals surface area contributed by atoms with E-state index in [0.717, 1.165) is 66.5 Å². The first kappa shape index (κ1) is 20.8. The number of quaternary nitrogens is 1. The van der Waals surface area contributed by atoms with Crippen molar-refractivity contribution in [3.05, 3.63) is 40.9 Å². The number of hydrogen-bond acceptors (Lipinski definition) is 6. The Kier molecular flexibility index (Phi) is 5.56. The lowest BCUT2D eigenvalue weighted by molar-refractivity contribution is -0.843. The van der Waals surface area contributed by atoms with Crippen molar-refractivity contribution in [3.8, 4) is 17.5 Å². The van der Waals surface area contributed by atoms with E-state index in [9.17, 15) is 5.26 Å². The molecule has 2 saturated heterocycles. The number of likely N-dealkylation sites (tertiary alicyclic amines) is 1.